The van der Waals surface area contributed by atoms with Gasteiger partial charge in [0, 0.05) is 22.9 Å². The second kappa shape index (κ2) is 9.61. The molecular formula is C19H17ClN2O2S. The van der Waals surface area contributed by atoms with Crippen LogP contribution in [0.2, 0.25) is 5.02 Å². The fourth-order valence-electron chi connectivity index (χ4n) is 1.88. The number of anilines is 1. The van der Waals surface area contributed by atoms with Gasteiger partial charge in [0.25, 0.3) is 0 Å². The van der Waals surface area contributed by atoms with E-state index in [1.807, 2.05) is 30.3 Å². The maximum absolute atomic E-state index is 11.9. The number of nitrogens with one attached hydrogen (secondary N) is 2. The summed E-state index contributed by atoms with van der Waals surface area (Å²) in [7, 11) is 0. The third-order valence-corrected chi connectivity index (χ3v) is 3.45. The Kier molecular flexibility index (Phi) is 7.19. The van der Waals surface area contributed by atoms with Crippen molar-refractivity contribution in [3.05, 3.63) is 77.8 Å². The van der Waals surface area contributed by atoms with Crippen molar-refractivity contribution in [2.45, 2.75) is 0 Å². The number of thiocarbonyl (C=S) groups is 1. The van der Waals surface area contributed by atoms with E-state index in [-0.39, 0.29) is 11.0 Å². The van der Waals surface area contributed by atoms with Crippen LogP contribution in [0.25, 0.3) is 6.08 Å². The smallest absolute Gasteiger partial charge is 0.250 e. The molecule has 128 valence electrons. The molecule has 2 rings (SSSR count). The van der Waals surface area contributed by atoms with Crippen LogP contribution >= 0.6 is 23.8 Å². The summed E-state index contributed by atoms with van der Waals surface area (Å²) in [5.41, 5.74) is 1.58. The van der Waals surface area contributed by atoms with Crippen molar-refractivity contribution >= 4 is 46.6 Å². The van der Waals surface area contributed by atoms with Gasteiger partial charge in [-0.3, -0.25) is 10.1 Å². The van der Waals surface area contributed by atoms with Gasteiger partial charge in [0.2, 0.25) is 5.91 Å². The number of hydrogen-bond acceptors (Lipinski definition) is 3. The molecule has 0 saturated carbocycles. The first-order chi connectivity index (χ1) is 12.1. The highest BCUT2D eigenvalue weighted by Crippen LogP contribution is 2.17. The lowest BCUT2D eigenvalue weighted by Crippen LogP contribution is -2.32. The van der Waals surface area contributed by atoms with E-state index in [9.17, 15) is 4.79 Å². The molecule has 2 N–H and O–H groups in total. The van der Waals surface area contributed by atoms with Crippen LogP contribution in [0.1, 0.15) is 5.56 Å². The van der Waals surface area contributed by atoms with Crippen LogP contribution in [-0.2, 0) is 4.79 Å². The lowest BCUT2D eigenvalue weighted by Gasteiger charge is -2.10. The van der Waals surface area contributed by atoms with E-state index in [2.05, 4.69) is 17.2 Å². The molecule has 0 unspecified atom stereocenters. The molecule has 0 bridgehead atoms. The number of rotatable bonds is 6. The lowest BCUT2D eigenvalue weighted by molar-refractivity contribution is -0.115. The maximum atomic E-state index is 11.9. The largest absolute Gasteiger partial charge is 0.489 e. The van der Waals surface area contributed by atoms with Crippen molar-refractivity contribution in [3.63, 3.8) is 0 Å². The van der Waals surface area contributed by atoms with Crippen molar-refractivity contribution in [1.29, 1.82) is 0 Å². The Morgan fingerprint density at radius 2 is 2.00 bits per heavy atom. The van der Waals surface area contributed by atoms with Gasteiger partial charge < -0.3 is 10.1 Å². The van der Waals surface area contributed by atoms with Crippen LogP contribution in [-0.4, -0.2) is 17.6 Å². The highest BCUT2D eigenvalue weighted by atomic mass is 35.5. The lowest BCUT2D eigenvalue weighted by atomic mass is 10.2. The van der Waals surface area contributed by atoms with E-state index in [1.165, 1.54) is 6.08 Å². The number of amides is 1. The van der Waals surface area contributed by atoms with Gasteiger partial charge in [-0.25, -0.2) is 0 Å². The Hall–Kier alpha value is -2.63. The molecule has 6 heteroatoms. The number of benzene rings is 2. The first-order valence-corrected chi connectivity index (χ1v) is 8.25. The molecule has 1 amide bonds. The van der Waals surface area contributed by atoms with Crippen molar-refractivity contribution in [2.24, 2.45) is 0 Å². The van der Waals surface area contributed by atoms with Crippen LogP contribution in [0.3, 0.4) is 0 Å². The van der Waals surface area contributed by atoms with Crippen molar-refractivity contribution in [2.75, 3.05) is 11.9 Å². The van der Waals surface area contributed by atoms with Crippen molar-refractivity contribution < 1.29 is 9.53 Å². The minimum atomic E-state index is -0.327. The molecule has 0 aliphatic carbocycles. The summed E-state index contributed by atoms with van der Waals surface area (Å²) in [5.74, 6) is 0.355. The molecule has 0 fully saturated rings. The minimum absolute atomic E-state index is 0.201. The monoisotopic (exact) mass is 372 g/mol. The van der Waals surface area contributed by atoms with Gasteiger partial charge in [0.15, 0.2) is 5.11 Å². The van der Waals surface area contributed by atoms with Gasteiger partial charge in [-0.15, -0.1) is 0 Å². The van der Waals surface area contributed by atoms with E-state index in [1.54, 1.807) is 30.4 Å². The second-order valence-corrected chi connectivity index (χ2v) is 5.80. The van der Waals surface area contributed by atoms with Gasteiger partial charge in [0.1, 0.15) is 12.4 Å². The summed E-state index contributed by atoms with van der Waals surface area (Å²) in [6.45, 7) is 4.02. The molecule has 0 aliphatic heterocycles. The number of carbonyl (C=O) groups is 1. The van der Waals surface area contributed by atoms with Gasteiger partial charge in [-0.2, -0.15) is 0 Å². The predicted octanol–water partition coefficient (Wildman–Crippen LogP) is 4.43. The second-order valence-electron chi connectivity index (χ2n) is 4.96. The summed E-state index contributed by atoms with van der Waals surface area (Å²) in [5, 5.41) is 6.37. The SMILES string of the molecule is C=CCOc1cccc(NC(=S)NC(=O)/C=C/c2ccc(Cl)cc2)c1. The predicted molar refractivity (Wildman–Crippen MR) is 107 cm³/mol. The third kappa shape index (κ3) is 6.79. The summed E-state index contributed by atoms with van der Waals surface area (Å²) >= 11 is 11.0. The van der Waals surface area contributed by atoms with Crippen molar-refractivity contribution in [1.82, 2.24) is 5.32 Å². The van der Waals surface area contributed by atoms with Gasteiger partial charge in [0.05, 0.1) is 0 Å². The average Bonchev–Trinajstić information content (AvgIpc) is 2.59. The highest BCUT2D eigenvalue weighted by Gasteiger charge is 2.03. The number of hydrogen-bond donors (Lipinski definition) is 2. The average molecular weight is 373 g/mol. The Balaban J connectivity index is 1.87. The van der Waals surface area contributed by atoms with Crippen LogP contribution in [0.5, 0.6) is 5.75 Å². The summed E-state index contributed by atoms with van der Waals surface area (Å²) in [6, 6.07) is 14.4. The molecule has 0 aromatic heterocycles. The molecule has 4 nitrogen and oxygen atoms in total. The molecule has 0 heterocycles. The number of carbonyl (C=O) groups excluding carboxylic acids is 1. The zero-order valence-corrected chi connectivity index (χ0v) is 14.9. The fraction of sp³-hybridized carbons (Fsp3) is 0.0526. The highest BCUT2D eigenvalue weighted by molar-refractivity contribution is 7.80. The molecule has 0 aliphatic rings. The first kappa shape index (κ1) is 18.7. The number of ether oxygens (including phenoxy) is 1. The van der Waals surface area contributed by atoms with E-state index in [0.717, 1.165) is 5.56 Å². The zero-order chi connectivity index (χ0) is 18.1. The van der Waals surface area contributed by atoms with E-state index in [4.69, 9.17) is 28.6 Å². The maximum Gasteiger partial charge on any atom is 0.250 e. The Bertz CT molecular complexity index is 788. The summed E-state index contributed by atoms with van der Waals surface area (Å²) in [4.78, 5) is 11.9. The quantitative estimate of drug-likeness (QED) is 0.447. The molecule has 2 aromatic carbocycles. The fourth-order valence-corrected chi connectivity index (χ4v) is 2.22. The van der Waals surface area contributed by atoms with Crippen LogP contribution < -0.4 is 15.4 Å². The standard InChI is InChI=1S/C19H17ClN2O2S/c1-2-12-24-17-5-3-4-16(13-17)21-19(25)22-18(23)11-8-14-6-9-15(20)10-7-14/h2-11,13H,1,12H2,(H2,21,22,23,25)/b11-8+. The van der Waals surface area contributed by atoms with Crippen LogP contribution in [0, 0.1) is 0 Å². The van der Waals surface area contributed by atoms with Crippen molar-refractivity contribution in [3.8, 4) is 5.75 Å². The molecule has 25 heavy (non-hydrogen) atoms. The molecule has 0 atom stereocenters. The zero-order valence-electron chi connectivity index (χ0n) is 13.4. The Morgan fingerprint density at radius 3 is 2.72 bits per heavy atom. The molecule has 0 saturated heterocycles. The molecular weight excluding hydrogens is 356 g/mol. The molecule has 2 aromatic rings. The summed E-state index contributed by atoms with van der Waals surface area (Å²) in [6.07, 6.45) is 4.75. The van der Waals surface area contributed by atoms with E-state index >= 15 is 0 Å². The normalized spacial score (nSPS) is 10.3. The Morgan fingerprint density at radius 1 is 1.24 bits per heavy atom. The Labute approximate surface area is 157 Å². The molecule has 0 spiro atoms. The van der Waals surface area contributed by atoms with E-state index < -0.39 is 0 Å². The topological polar surface area (TPSA) is 50.4 Å². The summed E-state index contributed by atoms with van der Waals surface area (Å²) < 4.78 is 5.45. The van der Waals surface area contributed by atoms with E-state index in [0.29, 0.717) is 23.1 Å². The van der Waals surface area contributed by atoms with Gasteiger partial charge in [-0.1, -0.05) is 42.5 Å². The van der Waals surface area contributed by atoms with Gasteiger partial charge >= 0.3 is 0 Å². The molecule has 0 radical (unpaired) electrons. The van der Waals surface area contributed by atoms with Gasteiger partial charge in [-0.05, 0) is 48.1 Å². The van der Waals surface area contributed by atoms with Crippen LogP contribution in [0.15, 0.2) is 67.3 Å². The van der Waals surface area contributed by atoms with Crippen LogP contribution in [0.4, 0.5) is 5.69 Å². The third-order valence-electron chi connectivity index (χ3n) is 2.99. The number of halogens is 1. The first-order valence-electron chi connectivity index (χ1n) is 7.46. The minimum Gasteiger partial charge on any atom is -0.489 e.